The van der Waals surface area contributed by atoms with Crippen LogP contribution in [0.15, 0.2) is 0 Å². The van der Waals surface area contributed by atoms with Gasteiger partial charge in [-0.25, -0.2) is 9.13 Å². The molecule has 19 heteroatoms. The highest BCUT2D eigenvalue weighted by Crippen LogP contribution is 2.48. The largest absolute Gasteiger partial charge is 0.472 e. The zero-order valence-electron chi connectivity index (χ0n) is 39.7. The lowest BCUT2D eigenvalue weighted by atomic mass is 9.85. The first-order valence-electron chi connectivity index (χ1n) is 25.0. The van der Waals surface area contributed by atoms with E-state index in [1.54, 1.807) is 0 Å². The first kappa shape index (κ1) is 61.7. The number of Topliss-reactive ketones (excluding diaryl/α,β-unsaturated/α-hetero) is 1. The van der Waals surface area contributed by atoms with E-state index < -0.39 is 83.3 Å². The van der Waals surface area contributed by atoms with Gasteiger partial charge in [0.05, 0.1) is 19.6 Å². The van der Waals surface area contributed by atoms with Crippen LogP contribution in [0.25, 0.3) is 0 Å². The van der Waals surface area contributed by atoms with E-state index in [1.165, 1.54) is 96.3 Å². The number of hydrogen-bond donors (Lipinski definition) is 7. The Kier molecular flexibility index (Phi) is 35.6. The van der Waals surface area contributed by atoms with Gasteiger partial charge in [0.25, 0.3) is 0 Å². The third kappa shape index (κ3) is 32.2. The highest BCUT2D eigenvalue weighted by atomic mass is 31.2. The summed E-state index contributed by atoms with van der Waals surface area (Å²) in [6.07, 6.45) is 17.0. The minimum atomic E-state index is -5.31. The molecule has 0 aromatic heterocycles. The Balaban J connectivity index is 2.51. The van der Waals surface area contributed by atoms with Gasteiger partial charge in [-0.05, 0) is 25.7 Å². The van der Waals surface area contributed by atoms with Crippen LogP contribution in [0.3, 0.4) is 0 Å². The molecule has 0 bridgehead atoms. The molecule has 0 saturated heterocycles. The number of ketones is 1. The molecule has 7 N–H and O–H groups in total. The molecule has 17 nitrogen and oxygen atoms in total. The normalized spacial score (nSPS) is 21.5. The Morgan fingerprint density at radius 2 is 0.862 bits per heavy atom. The van der Waals surface area contributed by atoms with E-state index in [-0.39, 0.29) is 13.0 Å². The van der Waals surface area contributed by atoms with Crippen molar-refractivity contribution >= 4 is 33.4 Å². The van der Waals surface area contributed by atoms with Gasteiger partial charge in [-0.2, -0.15) is 0 Å². The fourth-order valence-electron chi connectivity index (χ4n) is 8.00. The molecule has 1 rings (SSSR count). The second kappa shape index (κ2) is 37.6. The van der Waals surface area contributed by atoms with E-state index in [9.17, 15) is 48.8 Å². The summed E-state index contributed by atoms with van der Waals surface area (Å²) in [7, 11) is -10.6. The molecule has 1 aliphatic carbocycles. The van der Waals surface area contributed by atoms with E-state index >= 15 is 0 Å². The smallest absolute Gasteiger partial charge is 0.466 e. The molecular formula is C46H88O17P2. The van der Waals surface area contributed by atoms with E-state index in [4.69, 9.17) is 28.3 Å². The summed E-state index contributed by atoms with van der Waals surface area (Å²) < 4.78 is 49.2. The van der Waals surface area contributed by atoms with Crippen molar-refractivity contribution in [3.8, 4) is 0 Å². The van der Waals surface area contributed by atoms with Crippen LogP contribution in [0.2, 0.25) is 0 Å². The number of aliphatic hydroxyl groups excluding tert-OH is 4. The van der Waals surface area contributed by atoms with Gasteiger partial charge in [0.1, 0.15) is 48.5 Å². The lowest BCUT2D eigenvalue weighted by Gasteiger charge is -2.43. The number of ether oxygens (including phenoxy) is 2. The summed E-state index contributed by atoms with van der Waals surface area (Å²) in [4.78, 5) is 65.9. The molecule has 65 heavy (non-hydrogen) atoms. The van der Waals surface area contributed by atoms with Crippen LogP contribution in [-0.4, -0.2) is 109 Å². The average molecular weight is 975 g/mol. The first-order chi connectivity index (χ1) is 31.0. The summed E-state index contributed by atoms with van der Waals surface area (Å²) in [6, 6.07) is 0. The third-order valence-electron chi connectivity index (χ3n) is 11.8. The summed E-state index contributed by atoms with van der Waals surface area (Å²) in [5.41, 5.74) is 0. The topological polar surface area (TPSA) is 273 Å². The van der Waals surface area contributed by atoms with Crippen molar-refractivity contribution in [2.75, 3.05) is 13.2 Å². The molecule has 0 aromatic carbocycles. The monoisotopic (exact) mass is 975 g/mol. The number of aliphatic hydroxyl groups is 4. The molecule has 1 fully saturated rings. The molecule has 0 amide bonds. The molecule has 4 unspecified atom stereocenters. The SMILES string of the molecule is CCCCCCCCCCCCCCCC(=O)O[C@@H](COP(=O)(O)OC1C(O)[C@H](O)C(OP(=O)(O)O)[C@H](O)[C@@H]1O)CC(=O)OCCCCCCCCCCCCCCCCC(=O)CCC. The van der Waals surface area contributed by atoms with E-state index in [2.05, 4.69) is 11.4 Å². The molecule has 0 aromatic rings. The standard InChI is InChI=1S/C46H88O17P2/c1-3-5-6-7-8-9-10-13-17-20-23-26-29-33-39(48)61-38(36-60-65(57,58)63-46-43(52)41(50)45(42(51)44(46)53)62-64(54,55)56)35-40(49)59-34-30-27-24-21-18-15-12-11-14-16-19-22-25-28-32-37(47)31-4-2/h38,41-46,50-53H,3-36H2,1-2H3,(H,57,58)(H2,54,55,56)/t38-,41-,42+,43+,44?,45?,46?/m1/s1. The minimum absolute atomic E-state index is 0.0365. The van der Waals surface area contributed by atoms with Crippen molar-refractivity contribution in [1.82, 2.24) is 0 Å². The van der Waals surface area contributed by atoms with Gasteiger partial charge in [-0.15, -0.1) is 0 Å². The third-order valence-corrected chi connectivity index (χ3v) is 13.3. The van der Waals surface area contributed by atoms with Gasteiger partial charge in [0, 0.05) is 19.3 Å². The molecule has 0 heterocycles. The average Bonchev–Trinajstić information content (AvgIpc) is 3.25. The second-order valence-electron chi connectivity index (χ2n) is 17.9. The van der Waals surface area contributed by atoms with Crippen molar-refractivity contribution in [3.05, 3.63) is 0 Å². The lowest BCUT2D eigenvalue weighted by molar-refractivity contribution is -0.216. The van der Waals surface area contributed by atoms with Crippen LogP contribution in [0.4, 0.5) is 0 Å². The number of phosphoric ester groups is 2. The number of hydrogen-bond acceptors (Lipinski definition) is 14. The van der Waals surface area contributed by atoms with Crippen molar-refractivity contribution < 1.29 is 81.7 Å². The molecule has 0 aliphatic heterocycles. The summed E-state index contributed by atoms with van der Waals surface area (Å²) in [5, 5.41) is 41.5. The molecular weight excluding hydrogens is 886 g/mol. The van der Waals surface area contributed by atoms with Gasteiger partial charge in [0.15, 0.2) is 0 Å². The maximum absolute atomic E-state index is 13.0. The molecule has 384 valence electrons. The Morgan fingerprint density at radius 3 is 1.28 bits per heavy atom. The number of phosphoric acid groups is 2. The number of carbonyl (C=O) groups excluding carboxylic acids is 3. The van der Waals surface area contributed by atoms with Gasteiger partial charge >= 0.3 is 27.6 Å². The summed E-state index contributed by atoms with van der Waals surface area (Å²) in [6.45, 7) is 3.54. The quantitative estimate of drug-likeness (QED) is 0.0171. The predicted octanol–water partition coefficient (Wildman–Crippen LogP) is 8.97. The molecule has 0 spiro atoms. The predicted molar refractivity (Wildman–Crippen MR) is 247 cm³/mol. The molecule has 1 saturated carbocycles. The maximum atomic E-state index is 13.0. The zero-order chi connectivity index (χ0) is 48.4. The highest BCUT2D eigenvalue weighted by Gasteiger charge is 2.54. The van der Waals surface area contributed by atoms with Gasteiger partial charge in [-0.1, -0.05) is 168 Å². The van der Waals surface area contributed by atoms with Crippen molar-refractivity contribution in [3.63, 3.8) is 0 Å². The van der Waals surface area contributed by atoms with Gasteiger partial charge < -0.3 is 44.6 Å². The Morgan fingerprint density at radius 1 is 0.477 bits per heavy atom. The molecule has 0 radical (unpaired) electrons. The van der Waals surface area contributed by atoms with Crippen LogP contribution in [-0.2, 0) is 46.6 Å². The van der Waals surface area contributed by atoms with Gasteiger partial charge in [-0.3, -0.25) is 28.0 Å². The number of unbranched alkanes of at least 4 members (excludes halogenated alkanes) is 25. The molecule has 8 atom stereocenters. The Bertz CT molecular complexity index is 1320. The van der Waals surface area contributed by atoms with Crippen LogP contribution in [0.1, 0.15) is 219 Å². The Labute approximate surface area is 389 Å². The van der Waals surface area contributed by atoms with Crippen molar-refractivity contribution in [2.24, 2.45) is 0 Å². The number of esters is 2. The highest BCUT2D eigenvalue weighted by molar-refractivity contribution is 7.47. The van der Waals surface area contributed by atoms with Crippen LogP contribution < -0.4 is 0 Å². The van der Waals surface area contributed by atoms with Crippen molar-refractivity contribution in [1.29, 1.82) is 0 Å². The zero-order valence-corrected chi connectivity index (χ0v) is 41.5. The van der Waals surface area contributed by atoms with Crippen LogP contribution in [0.5, 0.6) is 0 Å². The minimum Gasteiger partial charge on any atom is -0.466 e. The summed E-state index contributed by atoms with van der Waals surface area (Å²) in [5.74, 6) is -1.00. The van der Waals surface area contributed by atoms with E-state index in [0.29, 0.717) is 25.0 Å². The second-order valence-corrected chi connectivity index (χ2v) is 20.5. The summed E-state index contributed by atoms with van der Waals surface area (Å²) >= 11 is 0. The number of carbonyl (C=O) groups is 3. The van der Waals surface area contributed by atoms with Crippen molar-refractivity contribution in [2.45, 2.75) is 262 Å². The van der Waals surface area contributed by atoms with E-state index in [0.717, 1.165) is 77.0 Å². The first-order valence-corrected chi connectivity index (χ1v) is 28.0. The van der Waals surface area contributed by atoms with Gasteiger partial charge in [0.2, 0.25) is 0 Å². The lowest BCUT2D eigenvalue weighted by Crippen LogP contribution is -2.64. The fraction of sp³-hybridized carbons (Fsp3) is 0.935. The maximum Gasteiger partial charge on any atom is 0.472 e. The molecule has 1 aliphatic rings. The van der Waals surface area contributed by atoms with E-state index in [1.807, 2.05) is 6.92 Å². The number of rotatable bonds is 43. The van der Waals surface area contributed by atoms with Crippen LogP contribution >= 0.6 is 15.6 Å². The Hall–Kier alpha value is -1.33. The fourth-order valence-corrected chi connectivity index (χ4v) is 9.54. The van der Waals surface area contributed by atoms with Crippen LogP contribution in [0, 0.1) is 0 Å².